The standard InChI is InChI=1S/C14H19FN2/c1-10(2)11(3)17(4)9-13-6-5-12(8-16)7-14(13)15/h5-7,10-11H,9H2,1-4H3. The second kappa shape index (κ2) is 5.79. The van der Waals surface area contributed by atoms with Crippen LogP contribution in [0.2, 0.25) is 0 Å². The van der Waals surface area contributed by atoms with Crippen LogP contribution in [-0.2, 0) is 6.54 Å². The van der Waals surface area contributed by atoms with E-state index in [9.17, 15) is 4.39 Å². The lowest BCUT2D eigenvalue weighted by atomic mass is 10.0. The summed E-state index contributed by atoms with van der Waals surface area (Å²) in [7, 11) is 1.99. The third-order valence-corrected chi connectivity index (χ3v) is 3.26. The summed E-state index contributed by atoms with van der Waals surface area (Å²) >= 11 is 0. The average molecular weight is 234 g/mol. The second-order valence-electron chi connectivity index (χ2n) is 4.82. The third kappa shape index (κ3) is 3.54. The van der Waals surface area contributed by atoms with E-state index in [-0.39, 0.29) is 5.82 Å². The largest absolute Gasteiger partial charge is 0.299 e. The maximum atomic E-state index is 13.7. The minimum absolute atomic E-state index is 0.299. The highest BCUT2D eigenvalue weighted by molar-refractivity contribution is 5.32. The molecule has 0 aromatic heterocycles. The molecule has 0 aliphatic carbocycles. The quantitative estimate of drug-likeness (QED) is 0.800. The van der Waals surface area contributed by atoms with Gasteiger partial charge in [0.15, 0.2) is 0 Å². The minimum Gasteiger partial charge on any atom is -0.299 e. The van der Waals surface area contributed by atoms with E-state index in [4.69, 9.17) is 5.26 Å². The Bertz CT molecular complexity index is 421. The summed E-state index contributed by atoms with van der Waals surface area (Å²) in [5.74, 6) is 0.230. The van der Waals surface area contributed by atoms with Gasteiger partial charge in [-0.2, -0.15) is 5.26 Å². The van der Waals surface area contributed by atoms with E-state index < -0.39 is 0 Å². The highest BCUT2D eigenvalue weighted by Crippen LogP contribution is 2.15. The second-order valence-corrected chi connectivity index (χ2v) is 4.82. The van der Waals surface area contributed by atoms with Crippen LogP contribution < -0.4 is 0 Å². The topological polar surface area (TPSA) is 27.0 Å². The zero-order valence-corrected chi connectivity index (χ0v) is 10.9. The molecule has 0 spiro atoms. The molecule has 0 amide bonds. The Labute approximate surface area is 103 Å². The fourth-order valence-electron chi connectivity index (χ4n) is 1.67. The van der Waals surface area contributed by atoms with E-state index in [0.29, 0.717) is 29.6 Å². The summed E-state index contributed by atoms with van der Waals surface area (Å²) in [6, 6.07) is 6.98. The lowest BCUT2D eigenvalue weighted by molar-refractivity contribution is 0.198. The average Bonchev–Trinajstić information content (AvgIpc) is 2.30. The molecule has 1 rings (SSSR count). The smallest absolute Gasteiger partial charge is 0.129 e. The van der Waals surface area contributed by atoms with Crippen molar-refractivity contribution < 1.29 is 4.39 Å². The van der Waals surface area contributed by atoms with Crippen molar-refractivity contribution in [1.82, 2.24) is 4.90 Å². The SMILES string of the molecule is CC(C)C(C)N(C)Cc1ccc(C#N)cc1F. The van der Waals surface area contributed by atoms with Crippen LogP contribution in [0.3, 0.4) is 0 Å². The molecule has 0 N–H and O–H groups in total. The normalized spacial score (nSPS) is 12.8. The molecular weight excluding hydrogens is 215 g/mol. The van der Waals surface area contributed by atoms with Crippen molar-refractivity contribution in [1.29, 1.82) is 5.26 Å². The van der Waals surface area contributed by atoms with E-state index in [1.54, 1.807) is 12.1 Å². The Kier molecular flexibility index (Phi) is 4.65. The summed E-state index contributed by atoms with van der Waals surface area (Å²) in [5, 5.41) is 8.67. The van der Waals surface area contributed by atoms with Gasteiger partial charge in [-0.3, -0.25) is 4.90 Å². The van der Waals surface area contributed by atoms with Crippen LogP contribution in [0.1, 0.15) is 31.9 Å². The molecule has 0 aliphatic rings. The lowest BCUT2D eigenvalue weighted by Gasteiger charge is -2.27. The van der Waals surface area contributed by atoms with E-state index in [0.717, 1.165) is 0 Å². The number of benzene rings is 1. The van der Waals surface area contributed by atoms with Gasteiger partial charge in [0.25, 0.3) is 0 Å². The van der Waals surface area contributed by atoms with Gasteiger partial charge in [0, 0.05) is 18.2 Å². The van der Waals surface area contributed by atoms with Gasteiger partial charge in [0.1, 0.15) is 5.82 Å². The number of rotatable bonds is 4. The Morgan fingerprint density at radius 1 is 1.35 bits per heavy atom. The van der Waals surface area contributed by atoms with Gasteiger partial charge in [0.2, 0.25) is 0 Å². The van der Waals surface area contributed by atoms with Crippen molar-refractivity contribution in [2.24, 2.45) is 5.92 Å². The molecule has 1 aromatic rings. The molecule has 0 bridgehead atoms. The molecule has 17 heavy (non-hydrogen) atoms. The number of hydrogen-bond acceptors (Lipinski definition) is 2. The number of nitriles is 1. The number of nitrogens with zero attached hydrogens (tertiary/aromatic N) is 2. The highest BCUT2D eigenvalue weighted by Gasteiger charge is 2.14. The van der Waals surface area contributed by atoms with Crippen molar-refractivity contribution in [3.05, 3.63) is 35.1 Å². The van der Waals surface area contributed by atoms with E-state index in [2.05, 4.69) is 25.7 Å². The molecule has 3 heteroatoms. The first-order chi connectivity index (χ1) is 7.95. The molecule has 1 unspecified atom stereocenters. The van der Waals surface area contributed by atoms with Gasteiger partial charge in [0.05, 0.1) is 11.6 Å². The van der Waals surface area contributed by atoms with Gasteiger partial charge >= 0.3 is 0 Å². The number of hydrogen-bond donors (Lipinski definition) is 0. The van der Waals surface area contributed by atoms with E-state index in [1.807, 2.05) is 13.1 Å². The van der Waals surface area contributed by atoms with Gasteiger partial charge in [-0.25, -0.2) is 4.39 Å². The van der Waals surface area contributed by atoms with Crippen LogP contribution in [-0.4, -0.2) is 18.0 Å². The van der Waals surface area contributed by atoms with Crippen molar-refractivity contribution in [2.75, 3.05) is 7.05 Å². The van der Waals surface area contributed by atoms with Gasteiger partial charge in [-0.05, 0) is 32.0 Å². The van der Waals surface area contributed by atoms with Crippen molar-refractivity contribution in [2.45, 2.75) is 33.4 Å². The third-order valence-electron chi connectivity index (χ3n) is 3.26. The molecule has 0 fully saturated rings. The summed E-state index contributed by atoms with van der Waals surface area (Å²) < 4.78 is 13.7. The van der Waals surface area contributed by atoms with Crippen molar-refractivity contribution in [3.8, 4) is 6.07 Å². The summed E-state index contributed by atoms with van der Waals surface area (Å²) in [4.78, 5) is 2.12. The molecule has 2 nitrogen and oxygen atoms in total. The monoisotopic (exact) mass is 234 g/mol. The zero-order valence-electron chi connectivity index (χ0n) is 10.9. The van der Waals surface area contributed by atoms with Crippen LogP contribution in [0, 0.1) is 23.1 Å². The molecule has 1 atom stereocenters. The molecular formula is C14H19FN2. The summed E-state index contributed by atoms with van der Waals surface area (Å²) in [6.07, 6.45) is 0. The molecule has 0 saturated heterocycles. The van der Waals surface area contributed by atoms with E-state index >= 15 is 0 Å². The van der Waals surface area contributed by atoms with Crippen molar-refractivity contribution in [3.63, 3.8) is 0 Å². The molecule has 0 saturated carbocycles. The Morgan fingerprint density at radius 3 is 2.47 bits per heavy atom. The van der Waals surface area contributed by atoms with Crippen LogP contribution in [0.25, 0.3) is 0 Å². The molecule has 0 radical (unpaired) electrons. The zero-order chi connectivity index (χ0) is 13.0. The molecule has 92 valence electrons. The fourth-order valence-corrected chi connectivity index (χ4v) is 1.67. The Morgan fingerprint density at radius 2 is 2.00 bits per heavy atom. The molecule has 0 aliphatic heterocycles. The van der Waals surface area contributed by atoms with Crippen LogP contribution in [0.5, 0.6) is 0 Å². The Balaban J connectivity index is 2.79. The van der Waals surface area contributed by atoms with E-state index in [1.165, 1.54) is 6.07 Å². The summed E-state index contributed by atoms with van der Waals surface area (Å²) in [5.41, 5.74) is 1.00. The maximum Gasteiger partial charge on any atom is 0.129 e. The lowest BCUT2D eigenvalue weighted by Crippen LogP contribution is -2.32. The molecule has 1 aromatic carbocycles. The number of halogens is 1. The first kappa shape index (κ1) is 13.7. The Hall–Kier alpha value is -1.40. The first-order valence-corrected chi connectivity index (χ1v) is 5.84. The predicted molar refractivity (Wildman–Crippen MR) is 66.9 cm³/mol. The van der Waals surface area contributed by atoms with Crippen LogP contribution in [0.4, 0.5) is 4.39 Å². The van der Waals surface area contributed by atoms with Crippen molar-refractivity contribution >= 4 is 0 Å². The fraction of sp³-hybridized carbons (Fsp3) is 0.500. The van der Waals surface area contributed by atoms with Gasteiger partial charge < -0.3 is 0 Å². The van der Waals surface area contributed by atoms with Crippen LogP contribution >= 0.6 is 0 Å². The first-order valence-electron chi connectivity index (χ1n) is 5.84. The van der Waals surface area contributed by atoms with Crippen LogP contribution in [0.15, 0.2) is 18.2 Å². The van der Waals surface area contributed by atoms with Gasteiger partial charge in [-0.15, -0.1) is 0 Å². The maximum absolute atomic E-state index is 13.7. The highest BCUT2D eigenvalue weighted by atomic mass is 19.1. The predicted octanol–water partition coefficient (Wildman–Crippen LogP) is 3.17. The summed E-state index contributed by atoms with van der Waals surface area (Å²) in [6.45, 7) is 7.00. The molecule has 0 heterocycles. The van der Waals surface area contributed by atoms with Gasteiger partial charge in [-0.1, -0.05) is 19.9 Å². The minimum atomic E-state index is -0.299.